The topological polar surface area (TPSA) is 66.4 Å². The Kier molecular flexibility index (Phi) is 48.2. The number of aliphatic hydroxyl groups is 1. The van der Waals surface area contributed by atoms with Gasteiger partial charge in [0.15, 0.2) is 0 Å². The summed E-state index contributed by atoms with van der Waals surface area (Å²) >= 11 is 0. The van der Waals surface area contributed by atoms with Gasteiger partial charge in [0.2, 0.25) is 0 Å². The van der Waals surface area contributed by atoms with Crippen molar-refractivity contribution in [1.82, 2.24) is 0 Å². The molecule has 0 bridgehead atoms. The molecule has 58 heavy (non-hydrogen) atoms. The number of likely N-dealkylation sites (N-methyl/N-ethyl adjacent to an activating group) is 1. The number of hydrogen-bond acceptors (Lipinski definition) is 6. The van der Waals surface area contributed by atoms with E-state index in [0.29, 0.717) is 46.2 Å². The lowest BCUT2D eigenvalue weighted by molar-refractivity contribution is -0.928. The van der Waals surface area contributed by atoms with Gasteiger partial charge in [0.05, 0.1) is 65.9 Å². The normalized spacial score (nSPS) is 12.8. The van der Waals surface area contributed by atoms with Crippen molar-refractivity contribution in [3.05, 3.63) is 24.3 Å². The minimum atomic E-state index is 0.0475. The lowest BCUT2D eigenvalue weighted by atomic mass is 10.1. The molecule has 7 heteroatoms. The quantitative estimate of drug-likeness (QED) is 0.0374. The summed E-state index contributed by atoms with van der Waals surface area (Å²) in [5, 5.41) is 8.81. The molecule has 0 amide bonds. The van der Waals surface area contributed by atoms with Crippen molar-refractivity contribution in [1.29, 1.82) is 0 Å². The van der Waals surface area contributed by atoms with E-state index in [0.717, 1.165) is 56.7 Å². The lowest BCUT2D eigenvalue weighted by Gasteiger charge is -2.39. The molecule has 0 aliphatic carbocycles. The van der Waals surface area contributed by atoms with Crippen molar-refractivity contribution in [2.75, 3.05) is 92.2 Å². The molecule has 0 aromatic rings. The van der Waals surface area contributed by atoms with Gasteiger partial charge in [-0.15, -0.1) is 0 Å². The molecule has 0 aliphatic heterocycles. The molecule has 0 aromatic carbocycles. The van der Waals surface area contributed by atoms with Gasteiger partial charge in [-0.1, -0.05) is 154 Å². The van der Waals surface area contributed by atoms with Gasteiger partial charge in [0, 0.05) is 13.2 Å². The monoisotopic (exact) mass is 825 g/mol. The van der Waals surface area contributed by atoms with E-state index < -0.39 is 0 Å². The SMILES string of the molecule is CCCCCCCC/C=C\CCCCCCCCOCC(C[N+](CC)(CC)CCOCCOCCOCCO)OCCCCCCCC/C=C\CCCCCCCC. The number of quaternary nitrogens is 1. The van der Waals surface area contributed by atoms with Gasteiger partial charge in [-0.2, -0.15) is 0 Å². The van der Waals surface area contributed by atoms with Crippen LogP contribution >= 0.6 is 0 Å². The zero-order valence-electron chi connectivity index (χ0n) is 39.5. The van der Waals surface area contributed by atoms with Crippen LogP contribution in [-0.2, 0) is 23.7 Å². The fourth-order valence-electron chi connectivity index (χ4n) is 7.61. The van der Waals surface area contributed by atoms with E-state index in [1.807, 2.05) is 0 Å². The highest BCUT2D eigenvalue weighted by Crippen LogP contribution is 2.15. The van der Waals surface area contributed by atoms with Crippen molar-refractivity contribution in [3.8, 4) is 0 Å². The molecule has 7 nitrogen and oxygen atoms in total. The Morgan fingerprint density at radius 2 is 0.776 bits per heavy atom. The number of allylic oxidation sites excluding steroid dienone is 4. The Hall–Kier alpha value is -0.800. The maximum absolute atomic E-state index is 8.81. The average molecular weight is 825 g/mol. The van der Waals surface area contributed by atoms with Crippen molar-refractivity contribution >= 4 is 0 Å². The van der Waals surface area contributed by atoms with Crippen molar-refractivity contribution < 1.29 is 33.3 Å². The van der Waals surface area contributed by atoms with E-state index in [1.54, 1.807) is 0 Å². The van der Waals surface area contributed by atoms with E-state index in [4.69, 9.17) is 28.8 Å². The van der Waals surface area contributed by atoms with Crippen LogP contribution in [0.25, 0.3) is 0 Å². The molecule has 1 atom stereocenters. The zero-order chi connectivity index (χ0) is 42.1. The van der Waals surface area contributed by atoms with Crippen LogP contribution in [0, 0.1) is 0 Å². The third kappa shape index (κ3) is 41.9. The summed E-state index contributed by atoms with van der Waals surface area (Å²) in [5.74, 6) is 0. The largest absolute Gasteiger partial charge is 0.394 e. The van der Waals surface area contributed by atoms with E-state index in [2.05, 4.69) is 52.0 Å². The van der Waals surface area contributed by atoms with Crippen LogP contribution in [-0.4, -0.2) is 108 Å². The van der Waals surface area contributed by atoms with Gasteiger partial charge in [0.1, 0.15) is 19.2 Å². The Morgan fingerprint density at radius 1 is 0.397 bits per heavy atom. The Labute approximate surface area is 362 Å². The molecule has 0 heterocycles. The van der Waals surface area contributed by atoms with Crippen molar-refractivity contribution in [3.63, 3.8) is 0 Å². The maximum atomic E-state index is 8.81. The summed E-state index contributed by atoms with van der Waals surface area (Å²) in [6.45, 7) is 18.9. The van der Waals surface area contributed by atoms with Gasteiger partial charge in [-0.25, -0.2) is 0 Å². The summed E-state index contributed by atoms with van der Waals surface area (Å²) in [4.78, 5) is 0. The predicted octanol–water partition coefficient (Wildman–Crippen LogP) is 13.4. The molecule has 1 N–H and O–H groups in total. The Bertz CT molecular complexity index is 819. The molecule has 0 fully saturated rings. The molecule has 0 spiro atoms. The highest BCUT2D eigenvalue weighted by molar-refractivity contribution is 4.82. The second-order valence-electron chi connectivity index (χ2n) is 16.9. The lowest BCUT2D eigenvalue weighted by Crippen LogP contribution is -2.55. The Balaban J connectivity index is 4.43. The highest BCUT2D eigenvalue weighted by atomic mass is 16.5. The molecule has 0 aromatic heterocycles. The fraction of sp³-hybridized carbons (Fsp3) is 0.922. The maximum Gasteiger partial charge on any atom is 0.130 e. The zero-order valence-corrected chi connectivity index (χ0v) is 39.5. The van der Waals surface area contributed by atoms with Crippen molar-refractivity contribution in [2.45, 2.75) is 214 Å². The van der Waals surface area contributed by atoms with E-state index >= 15 is 0 Å². The first kappa shape index (κ1) is 57.2. The summed E-state index contributed by atoms with van der Waals surface area (Å²) in [6.07, 6.45) is 46.9. The first-order valence-corrected chi connectivity index (χ1v) is 25.4. The van der Waals surface area contributed by atoms with Crippen LogP contribution in [0.3, 0.4) is 0 Å². The second kappa shape index (κ2) is 48.9. The summed E-state index contributed by atoms with van der Waals surface area (Å²) in [5.41, 5.74) is 0. The first-order valence-electron chi connectivity index (χ1n) is 25.4. The minimum Gasteiger partial charge on any atom is -0.394 e. The van der Waals surface area contributed by atoms with Gasteiger partial charge in [-0.05, 0) is 78.1 Å². The predicted molar refractivity (Wildman–Crippen MR) is 250 cm³/mol. The third-order valence-electron chi connectivity index (χ3n) is 11.7. The Morgan fingerprint density at radius 3 is 1.21 bits per heavy atom. The highest BCUT2D eigenvalue weighted by Gasteiger charge is 2.28. The number of ether oxygens (including phenoxy) is 5. The van der Waals surface area contributed by atoms with Crippen LogP contribution in [0.4, 0.5) is 0 Å². The molecular weight excluding hydrogens is 723 g/mol. The van der Waals surface area contributed by atoms with Gasteiger partial charge in [-0.3, -0.25) is 0 Å². The molecule has 0 saturated heterocycles. The molecule has 1 unspecified atom stereocenters. The second-order valence-corrected chi connectivity index (χ2v) is 16.9. The number of rotatable bonds is 50. The third-order valence-corrected chi connectivity index (χ3v) is 11.7. The van der Waals surface area contributed by atoms with E-state index in [-0.39, 0.29) is 12.7 Å². The van der Waals surface area contributed by atoms with Crippen LogP contribution < -0.4 is 0 Å². The first-order chi connectivity index (χ1) is 28.7. The smallest absolute Gasteiger partial charge is 0.130 e. The van der Waals surface area contributed by atoms with Gasteiger partial charge < -0.3 is 33.3 Å². The van der Waals surface area contributed by atoms with Crippen LogP contribution in [0.5, 0.6) is 0 Å². The standard InChI is InChI=1S/C51H102NO6/c1-5-9-11-13-15-17-19-21-23-25-27-29-31-33-35-37-41-57-50-51(49-52(7-3,8-4)39-43-54-45-47-56-48-46-55-44-40-53)58-42-38-36-34-32-30-28-26-24-22-20-18-16-14-12-10-6-2/h21-24,51,53H,5-20,25-50H2,1-4H3/q+1/b23-21-,24-22-. The molecular formula is C51H102NO6+. The van der Waals surface area contributed by atoms with Crippen LogP contribution in [0.15, 0.2) is 24.3 Å². The van der Waals surface area contributed by atoms with Gasteiger partial charge in [0.25, 0.3) is 0 Å². The summed E-state index contributed by atoms with van der Waals surface area (Å²) < 4.78 is 30.8. The molecule has 0 saturated carbocycles. The van der Waals surface area contributed by atoms with E-state index in [9.17, 15) is 0 Å². The molecule has 346 valence electrons. The minimum absolute atomic E-state index is 0.0475. The summed E-state index contributed by atoms with van der Waals surface area (Å²) in [6, 6.07) is 0. The molecule has 0 rings (SSSR count). The van der Waals surface area contributed by atoms with E-state index in [1.165, 1.54) is 167 Å². The van der Waals surface area contributed by atoms with Crippen LogP contribution in [0.1, 0.15) is 207 Å². The van der Waals surface area contributed by atoms with Gasteiger partial charge >= 0.3 is 0 Å². The fourth-order valence-corrected chi connectivity index (χ4v) is 7.61. The summed E-state index contributed by atoms with van der Waals surface area (Å²) in [7, 11) is 0. The average Bonchev–Trinajstić information content (AvgIpc) is 3.24. The molecule has 0 aliphatic rings. The number of nitrogens with zero attached hydrogens (tertiary/aromatic N) is 1. The van der Waals surface area contributed by atoms with Crippen molar-refractivity contribution in [2.24, 2.45) is 0 Å². The number of unbranched alkanes of at least 4 members (excludes halogenated alkanes) is 24. The number of hydrogen-bond donors (Lipinski definition) is 1. The number of aliphatic hydroxyl groups excluding tert-OH is 1. The molecule has 0 radical (unpaired) electrons. The van der Waals surface area contributed by atoms with Crippen LogP contribution in [0.2, 0.25) is 0 Å².